The zero-order chi connectivity index (χ0) is 21.1. The molecule has 0 radical (unpaired) electrons. The van der Waals surface area contributed by atoms with Crippen LogP contribution in [0.1, 0.15) is 34.1 Å². The summed E-state index contributed by atoms with van der Waals surface area (Å²) in [4.78, 5) is 24.7. The maximum atomic E-state index is 12.0. The molecule has 0 atom stereocenters. The van der Waals surface area contributed by atoms with E-state index in [9.17, 15) is 4.79 Å². The van der Waals surface area contributed by atoms with E-state index >= 15 is 0 Å². The number of hydrogen-bond acceptors (Lipinski definition) is 5. The third-order valence-electron chi connectivity index (χ3n) is 5.14. The van der Waals surface area contributed by atoms with Gasteiger partial charge in [-0.2, -0.15) is 0 Å². The molecule has 0 aliphatic carbocycles. The Morgan fingerprint density at radius 2 is 1.93 bits per heavy atom. The molecule has 0 aliphatic heterocycles. The van der Waals surface area contributed by atoms with E-state index in [1.54, 1.807) is 12.1 Å². The van der Waals surface area contributed by atoms with Crippen molar-refractivity contribution in [1.29, 1.82) is 0 Å². The van der Waals surface area contributed by atoms with Crippen LogP contribution < -0.4 is 16.8 Å². The van der Waals surface area contributed by atoms with Gasteiger partial charge in [-0.25, -0.2) is 9.97 Å². The summed E-state index contributed by atoms with van der Waals surface area (Å²) in [6.07, 6.45) is 2.61. The molecule has 7 heteroatoms. The molecule has 30 heavy (non-hydrogen) atoms. The van der Waals surface area contributed by atoms with Crippen molar-refractivity contribution in [3.63, 3.8) is 0 Å². The molecule has 2 heterocycles. The summed E-state index contributed by atoms with van der Waals surface area (Å²) in [6.45, 7) is 2.97. The highest BCUT2D eigenvalue weighted by Crippen LogP contribution is 2.33. The molecule has 7 nitrogen and oxygen atoms in total. The van der Waals surface area contributed by atoms with Crippen molar-refractivity contribution in [3.8, 4) is 11.4 Å². The lowest BCUT2D eigenvalue weighted by Gasteiger charge is -2.12. The molecule has 152 valence electrons. The van der Waals surface area contributed by atoms with Crippen LogP contribution in [0.3, 0.4) is 0 Å². The highest BCUT2D eigenvalue weighted by Gasteiger charge is 2.20. The van der Waals surface area contributed by atoms with Gasteiger partial charge in [0.05, 0.1) is 0 Å². The number of carbonyl (C=O) groups is 1. The quantitative estimate of drug-likeness (QED) is 0.379. The first-order valence-corrected chi connectivity index (χ1v) is 9.89. The first kappa shape index (κ1) is 19.6. The van der Waals surface area contributed by atoms with E-state index in [0.29, 0.717) is 28.9 Å². The number of nitrogens with one attached hydrogen (secondary N) is 2. The van der Waals surface area contributed by atoms with Crippen LogP contribution in [0, 0.1) is 0 Å². The number of nitrogens with zero attached hydrogens (tertiary/aromatic N) is 2. The second kappa shape index (κ2) is 8.34. The first-order valence-electron chi connectivity index (χ1n) is 9.89. The lowest BCUT2D eigenvalue weighted by atomic mass is 10.0. The lowest BCUT2D eigenvalue weighted by molar-refractivity contribution is 0.100. The summed E-state index contributed by atoms with van der Waals surface area (Å²) >= 11 is 0. The molecule has 0 aliphatic rings. The predicted molar refractivity (Wildman–Crippen MR) is 119 cm³/mol. The van der Waals surface area contributed by atoms with Crippen LogP contribution in [0.25, 0.3) is 22.3 Å². The Balaban J connectivity index is 1.82. The van der Waals surface area contributed by atoms with Crippen molar-refractivity contribution in [2.75, 3.05) is 5.32 Å². The number of aryl methyl sites for hydroxylation is 1. The molecule has 0 saturated carbocycles. The van der Waals surface area contributed by atoms with Crippen molar-refractivity contribution in [1.82, 2.24) is 15.0 Å². The van der Waals surface area contributed by atoms with Gasteiger partial charge in [0.15, 0.2) is 5.82 Å². The van der Waals surface area contributed by atoms with Crippen molar-refractivity contribution >= 4 is 22.6 Å². The summed E-state index contributed by atoms with van der Waals surface area (Å²) in [7, 11) is 0. The van der Waals surface area contributed by atoms with Crippen molar-refractivity contribution in [3.05, 3.63) is 77.1 Å². The number of aromatic nitrogens is 3. The average Bonchev–Trinajstić information content (AvgIpc) is 3.16. The number of primary amides is 1. The number of anilines is 1. The smallest absolute Gasteiger partial charge is 0.249 e. The Morgan fingerprint density at radius 1 is 1.13 bits per heavy atom. The number of hydrogen-bond donors (Lipinski definition) is 4. The number of rotatable bonds is 7. The molecule has 6 N–H and O–H groups in total. The van der Waals surface area contributed by atoms with Crippen LogP contribution in [0.2, 0.25) is 0 Å². The molecule has 1 amide bonds. The third kappa shape index (κ3) is 3.62. The molecule has 4 rings (SSSR count). The van der Waals surface area contributed by atoms with Gasteiger partial charge >= 0.3 is 0 Å². The van der Waals surface area contributed by atoms with E-state index in [0.717, 1.165) is 34.6 Å². The summed E-state index contributed by atoms with van der Waals surface area (Å²) < 4.78 is 0. The monoisotopic (exact) mass is 400 g/mol. The highest BCUT2D eigenvalue weighted by molar-refractivity contribution is 6.11. The van der Waals surface area contributed by atoms with Crippen molar-refractivity contribution < 1.29 is 4.79 Å². The SMILES string of the molecule is CCc1cnc(-c2c(CN)[nH]c3cccc(C(N)=O)c23)nc1NCc1ccccc1. The molecule has 2 aromatic heterocycles. The average molecular weight is 400 g/mol. The molecule has 0 bridgehead atoms. The number of fused-ring (bicyclic) bond motifs is 1. The Kier molecular flexibility index (Phi) is 5.45. The topological polar surface area (TPSA) is 123 Å². The zero-order valence-electron chi connectivity index (χ0n) is 16.8. The number of carbonyl (C=O) groups excluding carboxylic acids is 1. The van der Waals surface area contributed by atoms with Gasteiger partial charge in [0.2, 0.25) is 5.91 Å². The molecule has 0 saturated heterocycles. The second-order valence-corrected chi connectivity index (χ2v) is 7.04. The summed E-state index contributed by atoms with van der Waals surface area (Å²) in [5.74, 6) is 0.764. The number of amides is 1. The van der Waals surface area contributed by atoms with E-state index < -0.39 is 5.91 Å². The third-order valence-corrected chi connectivity index (χ3v) is 5.14. The summed E-state index contributed by atoms with van der Waals surface area (Å²) in [6, 6.07) is 15.5. The minimum atomic E-state index is -0.503. The van der Waals surface area contributed by atoms with E-state index in [2.05, 4.69) is 34.3 Å². The number of benzene rings is 2. The Labute approximate surface area is 174 Å². The second-order valence-electron chi connectivity index (χ2n) is 7.04. The minimum Gasteiger partial charge on any atom is -0.366 e. The van der Waals surface area contributed by atoms with Gasteiger partial charge in [-0.05, 0) is 24.1 Å². The van der Waals surface area contributed by atoms with Crippen LogP contribution in [0.5, 0.6) is 0 Å². The van der Waals surface area contributed by atoms with E-state index in [4.69, 9.17) is 16.5 Å². The number of H-pyrrole nitrogens is 1. The predicted octanol–water partition coefficient (Wildman–Crippen LogP) is 3.36. The van der Waals surface area contributed by atoms with Crippen molar-refractivity contribution in [2.45, 2.75) is 26.4 Å². The van der Waals surface area contributed by atoms with Gasteiger partial charge in [0, 0.05) is 52.6 Å². The Morgan fingerprint density at radius 3 is 2.63 bits per heavy atom. The standard InChI is InChI=1S/C23H24N6O/c1-2-15-13-27-23(29-22(15)26-12-14-7-4-3-5-8-14)20-18(11-24)28-17-10-6-9-16(19(17)20)21(25)30/h3-10,13,28H,2,11-12,24H2,1H3,(H2,25,30)(H,26,27,29). The molecule has 0 unspecified atom stereocenters. The Hall–Kier alpha value is -3.71. The van der Waals surface area contributed by atoms with Gasteiger partial charge in [-0.15, -0.1) is 0 Å². The van der Waals surface area contributed by atoms with Gasteiger partial charge in [0.25, 0.3) is 0 Å². The van der Waals surface area contributed by atoms with E-state index in [-0.39, 0.29) is 6.54 Å². The van der Waals surface area contributed by atoms with Gasteiger partial charge in [0.1, 0.15) is 5.82 Å². The number of aromatic amines is 1. The maximum absolute atomic E-state index is 12.0. The first-order chi connectivity index (χ1) is 14.6. The van der Waals surface area contributed by atoms with E-state index in [1.807, 2.05) is 30.5 Å². The van der Waals surface area contributed by atoms with Crippen LogP contribution in [0.15, 0.2) is 54.7 Å². The largest absolute Gasteiger partial charge is 0.366 e. The zero-order valence-corrected chi connectivity index (χ0v) is 16.8. The van der Waals surface area contributed by atoms with Crippen LogP contribution >= 0.6 is 0 Å². The maximum Gasteiger partial charge on any atom is 0.249 e. The fraction of sp³-hybridized carbons (Fsp3) is 0.174. The lowest BCUT2D eigenvalue weighted by Crippen LogP contribution is -2.12. The molecular weight excluding hydrogens is 376 g/mol. The highest BCUT2D eigenvalue weighted by atomic mass is 16.1. The molecular formula is C23H24N6O. The molecule has 0 fully saturated rings. The minimum absolute atomic E-state index is 0.258. The molecule has 2 aromatic carbocycles. The van der Waals surface area contributed by atoms with Crippen molar-refractivity contribution in [2.24, 2.45) is 11.5 Å². The van der Waals surface area contributed by atoms with Crippen LogP contribution in [0.4, 0.5) is 5.82 Å². The van der Waals surface area contributed by atoms with Crippen LogP contribution in [-0.4, -0.2) is 20.9 Å². The fourth-order valence-electron chi connectivity index (χ4n) is 3.63. The fourth-order valence-corrected chi connectivity index (χ4v) is 3.63. The van der Waals surface area contributed by atoms with Gasteiger partial charge in [-0.1, -0.05) is 43.3 Å². The molecule has 4 aromatic rings. The van der Waals surface area contributed by atoms with Gasteiger partial charge < -0.3 is 21.8 Å². The number of nitrogens with two attached hydrogens (primary N) is 2. The summed E-state index contributed by atoms with van der Waals surface area (Å²) in [5, 5.41) is 4.12. The van der Waals surface area contributed by atoms with Crippen LogP contribution in [-0.2, 0) is 19.5 Å². The van der Waals surface area contributed by atoms with Gasteiger partial charge in [-0.3, -0.25) is 4.79 Å². The molecule has 0 spiro atoms. The Bertz CT molecular complexity index is 1200. The normalized spacial score (nSPS) is 11.0. The summed E-state index contributed by atoms with van der Waals surface area (Å²) in [5.41, 5.74) is 16.5. The van der Waals surface area contributed by atoms with E-state index in [1.165, 1.54) is 0 Å².